The van der Waals surface area contributed by atoms with Gasteiger partial charge >= 0.3 is 5.97 Å². The number of ether oxygens (including phenoxy) is 1. The highest BCUT2D eigenvalue weighted by Crippen LogP contribution is 2.24. The monoisotopic (exact) mass is 330 g/mol. The molecule has 0 atom stereocenters. The molecular formula is C14H19BrO2S. The van der Waals surface area contributed by atoms with E-state index in [0.717, 1.165) is 10.2 Å². The van der Waals surface area contributed by atoms with Crippen LogP contribution in [-0.2, 0) is 10.5 Å². The van der Waals surface area contributed by atoms with Crippen molar-refractivity contribution in [3.8, 4) is 0 Å². The summed E-state index contributed by atoms with van der Waals surface area (Å²) in [6.45, 7) is 2.22. The molecular weight excluding hydrogens is 312 g/mol. The van der Waals surface area contributed by atoms with Gasteiger partial charge in [-0.05, 0) is 29.9 Å². The molecule has 0 aliphatic rings. The lowest BCUT2D eigenvalue weighted by molar-refractivity contribution is 0.0600. The Hall–Kier alpha value is -0.480. The van der Waals surface area contributed by atoms with Crippen molar-refractivity contribution in [1.29, 1.82) is 0 Å². The van der Waals surface area contributed by atoms with Crippen molar-refractivity contribution < 1.29 is 9.53 Å². The third-order valence-corrected chi connectivity index (χ3v) is 4.45. The van der Waals surface area contributed by atoms with E-state index in [4.69, 9.17) is 4.74 Å². The van der Waals surface area contributed by atoms with Crippen molar-refractivity contribution in [2.45, 2.75) is 31.9 Å². The van der Waals surface area contributed by atoms with Crippen LogP contribution < -0.4 is 0 Å². The molecule has 0 fully saturated rings. The lowest BCUT2D eigenvalue weighted by atomic mass is 10.1. The number of unbranched alkanes of at least 4 members (excludes halogenated alkanes) is 2. The quantitative estimate of drug-likeness (QED) is 0.537. The maximum atomic E-state index is 11.4. The molecule has 0 amide bonds. The van der Waals surface area contributed by atoms with Gasteiger partial charge in [-0.15, -0.1) is 0 Å². The smallest absolute Gasteiger partial charge is 0.337 e. The molecule has 100 valence electrons. The predicted octanol–water partition coefficient (Wildman–Crippen LogP) is 4.66. The first-order chi connectivity index (χ1) is 8.69. The molecule has 1 rings (SSSR count). The Balaban J connectivity index is 2.49. The van der Waals surface area contributed by atoms with Crippen molar-refractivity contribution in [3.05, 3.63) is 33.8 Å². The topological polar surface area (TPSA) is 26.3 Å². The van der Waals surface area contributed by atoms with Gasteiger partial charge in [-0.1, -0.05) is 41.8 Å². The van der Waals surface area contributed by atoms with Gasteiger partial charge in [0, 0.05) is 10.2 Å². The largest absolute Gasteiger partial charge is 0.465 e. The van der Waals surface area contributed by atoms with Gasteiger partial charge in [-0.2, -0.15) is 11.8 Å². The fourth-order valence-electron chi connectivity index (χ4n) is 1.55. The van der Waals surface area contributed by atoms with Crippen LogP contribution in [0.1, 0.15) is 42.1 Å². The van der Waals surface area contributed by atoms with Crippen LogP contribution in [0.4, 0.5) is 0 Å². The minimum absolute atomic E-state index is 0.294. The fourth-order valence-corrected chi connectivity index (χ4v) is 3.27. The second-order valence-electron chi connectivity index (χ2n) is 4.06. The molecule has 18 heavy (non-hydrogen) atoms. The Bertz CT molecular complexity index is 393. The summed E-state index contributed by atoms with van der Waals surface area (Å²) in [7, 11) is 1.40. The Morgan fingerprint density at radius 3 is 2.78 bits per heavy atom. The lowest BCUT2D eigenvalue weighted by Gasteiger charge is -2.06. The molecule has 0 unspecified atom stereocenters. The second kappa shape index (κ2) is 8.59. The SMILES string of the molecule is CCCCCSCc1ccc(C(=O)OC)cc1Br. The van der Waals surface area contributed by atoms with Crippen LogP contribution in [-0.4, -0.2) is 18.8 Å². The van der Waals surface area contributed by atoms with Crippen LogP contribution in [0, 0.1) is 0 Å². The number of halogens is 1. The second-order valence-corrected chi connectivity index (χ2v) is 6.02. The summed E-state index contributed by atoms with van der Waals surface area (Å²) in [5.74, 6) is 1.88. The number of thioether (sulfide) groups is 1. The maximum absolute atomic E-state index is 11.4. The van der Waals surface area contributed by atoms with Crippen LogP contribution in [0.25, 0.3) is 0 Å². The van der Waals surface area contributed by atoms with Gasteiger partial charge in [0.15, 0.2) is 0 Å². The van der Waals surface area contributed by atoms with Gasteiger partial charge in [0.05, 0.1) is 12.7 Å². The van der Waals surface area contributed by atoms with E-state index in [1.807, 2.05) is 30.0 Å². The summed E-state index contributed by atoms with van der Waals surface area (Å²) in [5.41, 5.74) is 1.81. The minimum Gasteiger partial charge on any atom is -0.465 e. The summed E-state index contributed by atoms with van der Waals surface area (Å²) >= 11 is 5.44. The maximum Gasteiger partial charge on any atom is 0.337 e. The first kappa shape index (κ1) is 15.6. The van der Waals surface area contributed by atoms with Crippen molar-refractivity contribution in [2.24, 2.45) is 0 Å². The van der Waals surface area contributed by atoms with Crippen molar-refractivity contribution in [1.82, 2.24) is 0 Å². The van der Waals surface area contributed by atoms with E-state index in [1.165, 1.54) is 37.7 Å². The summed E-state index contributed by atoms with van der Waals surface area (Å²) < 4.78 is 5.67. The molecule has 0 saturated heterocycles. The number of benzene rings is 1. The molecule has 1 aromatic carbocycles. The molecule has 1 aromatic rings. The van der Waals surface area contributed by atoms with E-state index in [1.54, 1.807) is 0 Å². The molecule has 2 nitrogen and oxygen atoms in total. The lowest BCUT2D eigenvalue weighted by Crippen LogP contribution is -2.01. The van der Waals surface area contributed by atoms with Crippen LogP contribution in [0.2, 0.25) is 0 Å². The van der Waals surface area contributed by atoms with Gasteiger partial charge in [-0.3, -0.25) is 0 Å². The number of carbonyl (C=O) groups excluding carboxylic acids is 1. The fraction of sp³-hybridized carbons (Fsp3) is 0.500. The number of hydrogen-bond acceptors (Lipinski definition) is 3. The van der Waals surface area contributed by atoms with Crippen LogP contribution >= 0.6 is 27.7 Å². The zero-order valence-electron chi connectivity index (χ0n) is 10.9. The Morgan fingerprint density at radius 2 is 2.17 bits per heavy atom. The number of methoxy groups -OCH3 is 1. The summed E-state index contributed by atoms with van der Waals surface area (Å²) in [4.78, 5) is 11.4. The molecule has 0 heterocycles. The van der Waals surface area contributed by atoms with Crippen molar-refractivity contribution >= 4 is 33.7 Å². The van der Waals surface area contributed by atoms with Crippen LogP contribution in [0.15, 0.2) is 22.7 Å². The average molecular weight is 331 g/mol. The summed E-state index contributed by atoms with van der Waals surface area (Å²) in [6.07, 6.45) is 3.84. The summed E-state index contributed by atoms with van der Waals surface area (Å²) in [5, 5.41) is 0. The van der Waals surface area contributed by atoms with Gasteiger partial charge in [0.25, 0.3) is 0 Å². The zero-order valence-corrected chi connectivity index (χ0v) is 13.3. The highest BCUT2D eigenvalue weighted by Gasteiger charge is 2.08. The first-order valence-electron chi connectivity index (χ1n) is 6.13. The molecule has 0 radical (unpaired) electrons. The number of carbonyl (C=O) groups is 1. The Labute approximate surface area is 122 Å². The van der Waals surface area contributed by atoms with Gasteiger partial charge in [0.2, 0.25) is 0 Å². The number of rotatable bonds is 7. The van der Waals surface area contributed by atoms with E-state index in [2.05, 4.69) is 22.9 Å². The number of esters is 1. The highest BCUT2D eigenvalue weighted by molar-refractivity contribution is 9.10. The number of hydrogen-bond donors (Lipinski definition) is 0. The Kier molecular flexibility index (Phi) is 7.44. The third-order valence-electron chi connectivity index (χ3n) is 2.62. The molecule has 0 spiro atoms. The van der Waals surface area contributed by atoms with E-state index >= 15 is 0 Å². The summed E-state index contributed by atoms with van der Waals surface area (Å²) in [6, 6.07) is 5.63. The van der Waals surface area contributed by atoms with Crippen LogP contribution in [0.5, 0.6) is 0 Å². The molecule has 0 aliphatic heterocycles. The van der Waals surface area contributed by atoms with Gasteiger partial charge in [-0.25, -0.2) is 4.79 Å². The van der Waals surface area contributed by atoms with E-state index in [9.17, 15) is 4.79 Å². The average Bonchev–Trinajstić information content (AvgIpc) is 2.39. The first-order valence-corrected chi connectivity index (χ1v) is 8.08. The van der Waals surface area contributed by atoms with Crippen molar-refractivity contribution in [3.63, 3.8) is 0 Å². The standard InChI is InChI=1S/C14H19BrO2S/c1-3-4-5-8-18-10-12-7-6-11(9-13(12)15)14(16)17-2/h6-7,9H,3-5,8,10H2,1-2H3. The van der Waals surface area contributed by atoms with Gasteiger partial charge < -0.3 is 4.74 Å². The van der Waals surface area contributed by atoms with Crippen molar-refractivity contribution in [2.75, 3.05) is 12.9 Å². The Morgan fingerprint density at radius 1 is 1.39 bits per heavy atom. The highest BCUT2D eigenvalue weighted by atomic mass is 79.9. The van der Waals surface area contributed by atoms with E-state index in [0.29, 0.717) is 5.56 Å². The third kappa shape index (κ3) is 5.02. The van der Waals surface area contributed by atoms with Crippen LogP contribution in [0.3, 0.4) is 0 Å². The normalized spacial score (nSPS) is 10.4. The van der Waals surface area contributed by atoms with E-state index < -0.39 is 0 Å². The molecule has 0 aliphatic carbocycles. The van der Waals surface area contributed by atoms with Gasteiger partial charge in [0.1, 0.15) is 0 Å². The molecule has 0 aromatic heterocycles. The molecule has 0 bridgehead atoms. The molecule has 4 heteroatoms. The molecule has 0 N–H and O–H groups in total. The zero-order chi connectivity index (χ0) is 13.4. The molecule has 0 saturated carbocycles. The predicted molar refractivity (Wildman–Crippen MR) is 81.2 cm³/mol. The minimum atomic E-state index is -0.294. The van der Waals surface area contributed by atoms with E-state index in [-0.39, 0.29) is 5.97 Å².